The minimum atomic E-state index is -0.464. The van der Waals surface area contributed by atoms with Crippen LogP contribution < -0.4 is 5.32 Å². The van der Waals surface area contributed by atoms with Crippen molar-refractivity contribution >= 4 is 11.8 Å². The van der Waals surface area contributed by atoms with Gasteiger partial charge in [-0.3, -0.25) is 9.59 Å². The van der Waals surface area contributed by atoms with E-state index in [4.69, 9.17) is 0 Å². The van der Waals surface area contributed by atoms with Crippen LogP contribution in [0.5, 0.6) is 0 Å². The standard InChI is InChI=1S/C18H24N2O2/c1-17(2)14(12-15(21)19-17)16(22)20-11-7-10-18(20,3)13-8-5-4-6-9-13/h4-6,8-9,14H,7,10-12H2,1-3H3,(H,19,21). The number of carbonyl (C=O) groups is 2. The first-order valence-corrected chi connectivity index (χ1v) is 8.03. The van der Waals surface area contributed by atoms with Crippen molar-refractivity contribution in [1.29, 1.82) is 0 Å². The molecule has 1 aromatic carbocycles. The van der Waals surface area contributed by atoms with E-state index in [0.717, 1.165) is 19.4 Å². The Morgan fingerprint density at radius 1 is 1.23 bits per heavy atom. The van der Waals surface area contributed by atoms with Crippen LogP contribution in [0.4, 0.5) is 0 Å². The van der Waals surface area contributed by atoms with Crippen LogP contribution in [-0.4, -0.2) is 28.8 Å². The Balaban J connectivity index is 1.91. The van der Waals surface area contributed by atoms with E-state index in [1.54, 1.807) is 0 Å². The lowest BCUT2D eigenvalue weighted by Gasteiger charge is -2.39. The normalized spacial score (nSPS) is 30.4. The molecule has 0 spiro atoms. The van der Waals surface area contributed by atoms with Crippen LogP contribution in [0.2, 0.25) is 0 Å². The number of benzene rings is 1. The molecule has 4 heteroatoms. The fourth-order valence-corrected chi connectivity index (χ4v) is 3.94. The quantitative estimate of drug-likeness (QED) is 0.912. The summed E-state index contributed by atoms with van der Waals surface area (Å²) in [6.45, 7) is 6.79. The van der Waals surface area contributed by atoms with Gasteiger partial charge in [0.2, 0.25) is 11.8 Å². The Bertz CT molecular complexity index is 596. The fraction of sp³-hybridized carbons (Fsp3) is 0.556. The zero-order valence-corrected chi connectivity index (χ0v) is 13.6. The van der Waals surface area contributed by atoms with E-state index in [0.29, 0.717) is 6.42 Å². The number of hydrogen-bond acceptors (Lipinski definition) is 2. The first-order valence-electron chi connectivity index (χ1n) is 8.03. The van der Waals surface area contributed by atoms with Crippen LogP contribution >= 0.6 is 0 Å². The highest BCUT2D eigenvalue weighted by Crippen LogP contribution is 2.41. The average Bonchev–Trinajstić information content (AvgIpc) is 2.99. The van der Waals surface area contributed by atoms with Gasteiger partial charge in [0.25, 0.3) is 0 Å². The Morgan fingerprint density at radius 2 is 1.91 bits per heavy atom. The summed E-state index contributed by atoms with van der Waals surface area (Å²) in [5.41, 5.74) is 0.449. The molecule has 3 rings (SSSR count). The molecule has 22 heavy (non-hydrogen) atoms. The number of rotatable bonds is 2. The molecule has 0 saturated carbocycles. The highest BCUT2D eigenvalue weighted by atomic mass is 16.2. The zero-order chi connectivity index (χ0) is 16.0. The minimum absolute atomic E-state index is 0.0241. The van der Waals surface area contributed by atoms with Gasteiger partial charge in [0.05, 0.1) is 11.5 Å². The fourth-order valence-electron chi connectivity index (χ4n) is 3.94. The molecule has 0 radical (unpaired) electrons. The van der Waals surface area contributed by atoms with Gasteiger partial charge in [-0.05, 0) is 39.2 Å². The maximum absolute atomic E-state index is 13.1. The highest BCUT2D eigenvalue weighted by molar-refractivity contribution is 5.91. The summed E-state index contributed by atoms with van der Waals surface area (Å²) in [6.07, 6.45) is 2.27. The van der Waals surface area contributed by atoms with Gasteiger partial charge in [-0.25, -0.2) is 0 Å². The van der Waals surface area contributed by atoms with E-state index in [9.17, 15) is 9.59 Å². The van der Waals surface area contributed by atoms with Crippen LogP contribution in [0, 0.1) is 5.92 Å². The van der Waals surface area contributed by atoms with Crippen molar-refractivity contribution in [3.63, 3.8) is 0 Å². The minimum Gasteiger partial charge on any atom is -0.350 e. The summed E-state index contributed by atoms with van der Waals surface area (Å²) in [5.74, 6) is -0.197. The Labute approximate surface area is 131 Å². The molecule has 1 N–H and O–H groups in total. The monoisotopic (exact) mass is 300 g/mol. The number of amides is 2. The van der Waals surface area contributed by atoms with Crippen molar-refractivity contribution < 1.29 is 9.59 Å². The Hall–Kier alpha value is -1.84. The molecule has 2 heterocycles. The SMILES string of the molecule is CC1(C)NC(=O)CC1C(=O)N1CCCC1(C)c1ccccc1. The van der Waals surface area contributed by atoms with Gasteiger partial charge in [-0.1, -0.05) is 30.3 Å². The number of likely N-dealkylation sites (tertiary alicyclic amines) is 1. The van der Waals surface area contributed by atoms with E-state index >= 15 is 0 Å². The van der Waals surface area contributed by atoms with Crippen LogP contribution in [0.3, 0.4) is 0 Å². The van der Waals surface area contributed by atoms with Crippen molar-refractivity contribution in [2.75, 3.05) is 6.54 Å². The van der Waals surface area contributed by atoms with E-state index < -0.39 is 5.54 Å². The number of carbonyl (C=O) groups excluding carboxylic acids is 2. The topological polar surface area (TPSA) is 49.4 Å². The summed E-state index contributed by atoms with van der Waals surface area (Å²) < 4.78 is 0. The predicted molar refractivity (Wildman–Crippen MR) is 85.1 cm³/mol. The van der Waals surface area contributed by atoms with Gasteiger partial charge in [0.15, 0.2) is 0 Å². The van der Waals surface area contributed by atoms with Crippen molar-refractivity contribution in [3.8, 4) is 0 Å². The van der Waals surface area contributed by atoms with Gasteiger partial charge in [0, 0.05) is 18.5 Å². The second kappa shape index (κ2) is 5.11. The lowest BCUT2D eigenvalue weighted by molar-refractivity contribution is -0.141. The largest absolute Gasteiger partial charge is 0.350 e. The van der Waals surface area contributed by atoms with Gasteiger partial charge in [-0.2, -0.15) is 0 Å². The van der Waals surface area contributed by atoms with Crippen LogP contribution in [0.1, 0.15) is 45.6 Å². The predicted octanol–water partition coefficient (Wildman–Crippen LogP) is 2.44. The van der Waals surface area contributed by atoms with E-state index in [1.807, 2.05) is 36.9 Å². The lowest BCUT2D eigenvalue weighted by atomic mass is 9.84. The molecule has 2 unspecified atom stereocenters. The maximum Gasteiger partial charge on any atom is 0.229 e. The molecule has 2 amide bonds. The molecule has 2 fully saturated rings. The summed E-state index contributed by atoms with van der Waals surface area (Å²) in [4.78, 5) is 26.9. The van der Waals surface area contributed by atoms with Crippen molar-refractivity contribution in [3.05, 3.63) is 35.9 Å². The van der Waals surface area contributed by atoms with Gasteiger partial charge in [-0.15, -0.1) is 0 Å². The summed E-state index contributed by atoms with van der Waals surface area (Å²) in [7, 11) is 0. The Kier molecular flexibility index (Phi) is 3.50. The third-order valence-corrected chi connectivity index (χ3v) is 5.32. The molecule has 118 valence electrons. The smallest absolute Gasteiger partial charge is 0.229 e. The molecule has 2 atom stereocenters. The second-order valence-corrected chi connectivity index (χ2v) is 7.26. The van der Waals surface area contributed by atoms with E-state index in [1.165, 1.54) is 5.56 Å². The number of hydrogen-bond donors (Lipinski definition) is 1. The molecule has 2 aliphatic heterocycles. The van der Waals surface area contributed by atoms with Crippen LogP contribution in [-0.2, 0) is 15.1 Å². The Morgan fingerprint density at radius 3 is 2.50 bits per heavy atom. The van der Waals surface area contributed by atoms with Crippen molar-refractivity contribution in [2.45, 2.75) is 51.1 Å². The third-order valence-electron chi connectivity index (χ3n) is 5.32. The van der Waals surface area contributed by atoms with Crippen molar-refractivity contribution in [1.82, 2.24) is 10.2 Å². The van der Waals surface area contributed by atoms with Gasteiger partial charge < -0.3 is 10.2 Å². The highest BCUT2D eigenvalue weighted by Gasteiger charge is 2.50. The summed E-state index contributed by atoms with van der Waals surface area (Å²) in [5, 5.41) is 2.93. The molecule has 2 saturated heterocycles. The molecule has 0 bridgehead atoms. The summed E-state index contributed by atoms with van der Waals surface area (Å²) >= 11 is 0. The lowest BCUT2D eigenvalue weighted by Crippen LogP contribution is -2.51. The molecular weight excluding hydrogens is 276 g/mol. The summed E-state index contributed by atoms with van der Waals surface area (Å²) in [6, 6.07) is 10.2. The molecule has 2 aliphatic rings. The molecule has 0 aliphatic carbocycles. The van der Waals surface area contributed by atoms with Gasteiger partial charge >= 0.3 is 0 Å². The van der Waals surface area contributed by atoms with E-state index in [2.05, 4.69) is 24.4 Å². The average molecular weight is 300 g/mol. The van der Waals surface area contributed by atoms with Gasteiger partial charge in [0.1, 0.15) is 0 Å². The molecule has 0 aromatic heterocycles. The van der Waals surface area contributed by atoms with Crippen LogP contribution in [0.25, 0.3) is 0 Å². The second-order valence-electron chi connectivity index (χ2n) is 7.26. The zero-order valence-electron chi connectivity index (χ0n) is 13.6. The first-order chi connectivity index (χ1) is 10.3. The molecular formula is C18H24N2O2. The third kappa shape index (κ3) is 2.31. The van der Waals surface area contributed by atoms with E-state index in [-0.39, 0.29) is 23.3 Å². The maximum atomic E-state index is 13.1. The number of nitrogens with zero attached hydrogens (tertiary/aromatic N) is 1. The molecule has 4 nitrogen and oxygen atoms in total. The molecule has 1 aromatic rings. The first kappa shape index (κ1) is 15.1. The van der Waals surface area contributed by atoms with Crippen LogP contribution in [0.15, 0.2) is 30.3 Å². The van der Waals surface area contributed by atoms with Crippen molar-refractivity contribution in [2.24, 2.45) is 5.92 Å². The number of nitrogens with one attached hydrogen (secondary N) is 1.